The summed E-state index contributed by atoms with van der Waals surface area (Å²) in [7, 11) is 3.75. The molecule has 0 fully saturated rings. The number of benzene rings is 2. The SMILES string of the molecule is CNc1ccc(OC(C)=NC=Nc2ccn(C)c2)cc1Cl.O=CNc1ccc(O)c(C(F)(F)F)c1. The van der Waals surface area contributed by atoms with Crippen molar-refractivity contribution in [2.75, 3.05) is 17.7 Å². The van der Waals surface area contributed by atoms with Crippen molar-refractivity contribution in [3.05, 3.63) is 65.4 Å². The van der Waals surface area contributed by atoms with Crippen LogP contribution < -0.4 is 15.4 Å². The minimum absolute atomic E-state index is 0.0230. The number of hydrogen-bond donors (Lipinski definition) is 3. The molecule has 3 aromatic rings. The van der Waals surface area contributed by atoms with E-state index in [1.807, 2.05) is 49.3 Å². The van der Waals surface area contributed by atoms with Gasteiger partial charge in [0.2, 0.25) is 6.41 Å². The highest BCUT2D eigenvalue weighted by molar-refractivity contribution is 6.33. The Labute approximate surface area is 204 Å². The normalized spacial score (nSPS) is 11.6. The number of nitrogens with zero attached hydrogens (tertiary/aromatic N) is 3. The minimum atomic E-state index is -4.63. The summed E-state index contributed by atoms with van der Waals surface area (Å²) in [5.41, 5.74) is 0.495. The van der Waals surface area contributed by atoms with Crippen LogP contribution in [0.3, 0.4) is 0 Å². The summed E-state index contributed by atoms with van der Waals surface area (Å²) < 4.78 is 44.1. The summed E-state index contributed by atoms with van der Waals surface area (Å²) in [6, 6.07) is 10.0. The quantitative estimate of drug-likeness (QED) is 0.168. The molecule has 0 radical (unpaired) electrons. The number of phenolic OH excluding ortho intramolecular Hbond substituents is 1. The Kier molecular flexibility index (Phi) is 9.71. The molecule has 0 atom stereocenters. The van der Waals surface area contributed by atoms with E-state index >= 15 is 0 Å². The second-order valence-electron chi connectivity index (χ2n) is 6.91. The molecule has 0 bridgehead atoms. The van der Waals surface area contributed by atoms with E-state index in [9.17, 15) is 18.0 Å². The molecule has 0 saturated carbocycles. The Morgan fingerprint density at radius 1 is 1.20 bits per heavy atom. The van der Waals surface area contributed by atoms with Crippen LogP contribution in [0.4, 0.5) is 30.2 Å². The van der Waals surface area contributed by atoms with E-state index in [0.29, 0.717) is 22.7 Å². The second kappa shape index (κ2) is 12.5. The number of rotatable bonds is 6. The number of halogens is 4. The van der Waals surface area contributed by atoms with Gasteiger partial charge in [0.25, 0.3) is 0 Å². The van der Waals surface area contributed by atoms with Crippen LogP contribution in [0.25, 0.3) is 0 Å². The molecule has 0 spiro atoms. The largest absolute Gasteiger partial charge is 0.507 e. The zero-order chi connectivity index (χ0) is 26.0. The summed E-state index contributed by atoms with van der Waals surface area (Å²) in [5, 5.41) is 14.5. The van der Waals surface area contributed by atoms with Crippen molar-refractivity contribution >= 4 is 47.3 Å². The molecule has 0 unspecified atom stereocenters. The first-order valence-electron chi connectivity index (χ1n) is 9.98. The first kappa shape index (κ1) is 27.3. The molecule has 3 rings (SSSR count). The van der Waals surface area contributed by atoms with Crippen molar-refractivity contribution < 1.29 is 27.8 Å². The molecule has 1 amide bonds. The maximum atomic E-state index is 12.2. The highest BCUT2D eigenvalue weighted by Gasteiger charge is 2.34. The number of hydrogen-bond acceptors (Lipinski definition) is 5. The number of ether oxygens (including phenoxy) is 1. The van der Waals surface area contributed by atoms with Crippen LogP contribution in [0.2, 0.25) is 5.02 Å². The third-order valence-corrected chi connectivity index (χ3v) is 4.58. The Hall–Kier alpha value is -3.99. The molecule has 0 aliphatic carbocycles. The van der Waals surface area contributed by atoms with Gasteiger partial charge in [-0.25, -0.2) is 9.98 Å². The van der Waals surface area contributed by atoms with Crippen LogP contribution in [-0.4, -0.2) is 35.4 Å². The number of amides is 1. The Morgan fingerprint density at radius 3 is 2.51 bits per heavy atom. The Balaban J connectivity index is 0.000000269. The van der Waals surface area contributed by atoms with Gasteiger partial charge in [0.1, 0.15) is 17.8 Å². The molecule has 1 heterocycles. The first-order chi connectivity index (χ1) is 16.5. The van der Waals surface area contributed by atoms with E-state index in [4.69, 9.17) is 21.4 Å². The fourth-order valence-electron chi connectivity index (χ4n) is 2.62. The number of phenols is 1. The van der Waals surface area contributed by atoms with Crippen LogP contribution in [0.1, 0.15) is 12.5 Å². The lowest BCUT2D eigenvalue weighted by Gasteiger charge is -2.09. The van der Waals surface area contributed by atoms with Crippen LogP contribution in [0, 0.1) is 0 Å². The van der Waals surface area contributed by atoms with E-state index in [1.165, 1.54) is 12.4 Å². The second-order valence-corrected chi connectivity index (χ2v) is 7.32. The molecule has 0 aliphatic heterocycles. The lowest BCUT2D eigenvalue weighted by atomic mass is 10.1. The average Bonchev–Trinajstić information content (AvgIpc) is 3.20. The monoisotopic (exact) mass is 509 g/mol. The van der Waals surface area contributed by atoms with Crippen molar-refractivity contribution in [3.8, 4) is 11.5 Å². The van der Waals surface area contributed by atoms with Crippen LogP contribution >= 0.6 is 11.6 Å². The van der Waals surface area contributed by atoms with E-state index < -0.39 is 17.5 Å². The van der Waals surface area contributed by atoms with Crippen molar-refractivity contribution in [2.24, 2.45) is 17.0 Å². The molecule has 8 nitrogen and oxygen atoms in total. The average molecular weight is 510 g/mol. The number of carbonyl (C=O) groups excluding carboxylic acids is 1. The van der Waals surface area contributed by atoms with Gasteiger partial charge < -0.3 is 25.0 Å². The molecule has 3 N–H and O–H groups in total. The zero-order valence-electron chi connectivity index (χ0n) is 19.0. The third kappa shape index (κ3) is 8.70. The number of aromatic hydroxyl groups is 1. The molecule has 2 aromatic carbocycles. The van der Waals surface area contributed by atoms with Gasteiger partial charge in [0.05, 0.1) is 22.0 Å². The first-order valence-corrected chi connectivity index (χ1v) is 10.4. The van der Waals surface area contributed by atoms with Gasteiger partial charge in [0.15, 0.2) is 5.90 Å². The van der Waals surface area contributed by atoms with Gasteiger partial charge in [-0.05, 0) is 36.4 Å². The highest BCUT2D eigenvalue weighted by atomic mass is 35.5. The molecule has 12 heteroatoms. The van der Waals surface area contributed by atoms with Crippen LogP contribution in [-0.2, 0) is 18.0 Å². The summed E-state index contributed by atoms with van der Waals surface area (Å²) in [4.78, 5) is 18.3. The smallest absolute Gasteiger partial charge is 0.420 e. The molecule has 35 heavy (non-hydrogen) atoms. The minimum Gasteiger partial charge on any atom is -0.507 e. The number of aromatic nitrogens is 1. The number of anilines is 2. The number of nitrogens with one attached hydrogen (secondary N) is 2. The third-order valence-electron chi connectivity index (χ3n) is 4.27. The predicted molar refractivity (Wildman–Crippen MR) is 131 cm³/mol. The summed E-state index contributed by atoms with van der Waals surface area (Å²) >= 11 is 6.09. The van der Waals surface area contributed by atoms with E-state index in [2.05, 4.69) is 20.6 Å². The van der Waals surface area contributed by atoms with E-state index in [1.54, 1.807) is 13.0 Å². The van der Waals surface area contributed by atoms with Gasteiger partial charge in [-0.3, -0.25) is 4.79 Å². The van der Waals surface area contributed by atoms with Crippen molar-refractivity contribution in [2.45, 2.75) is 13.1 Å². The topological polar surface area (TPSA) is 100 Å². The van der Waals surface area contributed by atoms with Gasteiger partial charge in [0, 0.05) is 45.2 Å². The summed E-state index contributed by atoms with van der Waals surface area (Å²) in [5.74, 6) is 0.255. The number of alkyl halides is 3. The fourth-order valence-corrected chi connectivity index (χ4v) is 2.89. The Bertz CT molecular complexity index is 1210. The van der Waals surface area contributed by atoms with Gasteiger partial charge >= 0.3 is 6.18 Å². The van der Waals surface area contributed by atoms with Gasteiger partial charge in [-0.2, -0.15) is 13.2 Å². The van der Waals surface area contributed by atoms with Crippen molar-refractivity contribution in [1.82, 2.24) is 4.57 Å². The molecular weight excluding hydrogens is 487 g/mol. The van der Waals surface area contributed by atoms with Gasteiger partial charge in [-0.1, -0.05) is 11.6 Å². The number of aryl methyl sites for hydroxylation is 1. The summed E-state index contributed by atoms with van der Waals surface area (Å²) in [6.07, 6.45) is 0.912. The summed E-state index contributed by atoms with van der Waals surface area (Å²) in [6.45, 7) is 1.76. The van der Waals surface area contributed by atoms with Crippen molar-refractivity contribution in [1.29, 1.82) is 0 Å². The van der Waals surface area contributed by atoms with Crippen LogP contribution in [0.15, 0.2) is 64.8 Å². The highest BCUT2D eigenvalue weighted by Crippen LogP contribution is 2.37. The van der Waals surface area contributed by atoms with Crippen molar-refractivity contribution in [3.63, 3.8) is 0 Å². The maximum Gasteiger partial charge on any atom is 0.420 e. The van der Waals surface area contributed by atoms with Crippen LogP contribution in [0.5, 0.6) is 11.5 Å². The Morgan fingerprint density at radius 2 is 1.94 bits per heavy atom. The predicted octanol–water partition coefficient (Wildman–Crippen LogP) is 5.86. The molecular formula is C23H23ClF3N5O3. The van der Waals surface area contributed by atoms with E-state index in [0.717, 1.165) is 17.4 Å². The molecule has 0 saturated heterocycles. The zero-order valence-corrected chi connectivity index (χ0v) is 19.7. The molecule has 1 aromatic heterocycles. The molecule has 186 valence electrons. The van der Waals surface area contributed by atoms with Gasteiger partial charge in [-0.15, -0.1) is 0 Å². The molecule has 0 aliphatic rings. The standard InChI is InChI=1S/C15H17ClN4O.C8H6F3NO2/c1-11(18-10-19-12-6-7-20(3)9-12)21-13-4-5-15(17-2)14(16)8-13;9-8(10,11)6-3-5(12-4-13)1-2-7(6)14/h4-10,17H,1-3H3;1-4,14H,(H,12,13). The lowest BCUT2D eigenvalue weighted by Crippen LogP contribution is -2.06. The number of carbonyl (C=O) groups is 1. The maximum absolute atomic E-state index is 12.2. The fraction of sp³-hybridized carbons (Fsp3) is 0.174. The number of aliphatic imine (C=N–C) groups is 2. The lowest BCUT2D eigenvalue weighted by molar-refractivity contribution is -0.138. The van der Waals surface area contributed by atoms with E-state index in [-0.39, 0.29) is 12.1 Å².